The van der Waals surface area contributed by atoms with Crippen molar-refractivity contribution < 1.29 is 19.1 Å². The highest BCUT2D eigenvalue weighted by molar-refractivity contribution is 5.95. The van der Waals surface area contributed by atoms with Gasteiger partial charge in [-0.25, -0.2) is 4.79 Å². The Bertz CT molecular complexity index is 675. The average Bonchev–Trinajstić information content (AvgIpc) is 2.54. The van der Waals surface area contributed by atoms with E-state index in [2.05, 4.69) is 15.3 Å². The highest BCUT2D eigenvalue weighted by Crippen LogP contribution is 2.12. The van der Waals surface area contributed by atoms with Gasteiger partial charge in [0.25, 0.3) is 5.91 Å². The van der Waals surface area contributed by atoms with Crippen molar-refractivity contribution >= 4 is 22.9 Å². The minimum atomic E-state index is -0.887. The van der Waals surface area contributed by atoms with Crippen molar-refractivity contribution in [3.8, 4) is 0 Å². The maximum absolute atomic E-state index is 12.1. The lowest BCUT2D eigenvalue weighted by Gasteiger charge is -2.13. The quantitative estimate of drug-likeness (QED) is 0.631. The lowest BCUT2D eigenvalue weighted by molar-refractivity contribution is -0.129. The highest BCUT2D eigenvalue weighted by atomic mass is 16.5. The molecule has 2 aromatic rings. The van der Waals surface area contributed by atoms with E-state index >= 15 is 0 Å². The van der Waals surface area contributed by atoms with Gasteiger partial charge in [0.15, 0.2) is 6.10 Å². The van der Waals surface area contributed by atoms with Crippen LogP contribution in [0, 0.1) is 0 Å². The molecule has 1 heterocycles. The molecule has 0 radical (unpaired) electrons. The van der Waals surface area contributed by atoms with E-state index in [9.17, 15) is 9.59 Å². The van der Waals surface area contributed by atoms with Crippen molar-refractivity contribution in [3.05, 3.63) is 36.2 Å². The fourth-order valence-electron chi connectivity index (χ4n) is 1.79. The Balaban J connectivity index is 1.99. The molecule has 116 valence electrons. The van der Waals surface area contributed by atoms with E-state index in [1.54, 1.807) is 30.6 Å². The number of carbonyl (C=O) groups is 2. The third-order valence-electron chi connectivity index (χ3n) is 2.96. The summed E-state index contributed by atoms with van der Waals surface area (Å²) >= 11 is 0. The van der Waals surface area contributed by atoms with Crippen molar-refractivity contribution in [1.29, 1.82) is 0 Å². The predicted molar refractivity (Wildman–Crippen MR) is 79.3 cm³/mol. The van der Waals surface area contributed by atoms with E-state index < -0.39 is 12.1 Å². The van der Waals surface area contributed by atoms with Crippen LogP contribution in [0.25, 0.3) is 11.0 Å². The number of nitrogens with one attached hydrogen (secondary N) is 1. The van der Waals surface area contributed by atoms with Crippen molar-refractivity contribution in [2.24, 2.45) is 0 Å². The SMILES string of the molecule is COCCNC(=O)[C@@H](C)OC(=O)c1ccc2nccnc2c1. The van der Waals surface area contributed by atoms with Gasteiger partial charge in [-0.3, -0.25) is 14.8 Å². The van der Waals surface area contributed by atoms with E-state index in [-0.39, 0.29) is 5.91 Å². The molecule has 0 spiro atoms. The van der Waals surface area contributed by atoms with Gasteiger partial charge in [-0.1, -0.05) is 0 Å². The minimum absolute atomic E-state index is 0.324. The molecule has 7 heteroatoms. The number of hydrogen-bond donors (Lipinski definition) is 1. The van der Waals surface area contributed by atoms with Crippen LogP contribution in [0.5, 0.6) is 0 Å². The van der Waals surface area contributed by atoms with Crippen LogP contribution in [0.1, 0.15) is 17.3 Å². The Morgan fingerprint density at radius 3 is 2.68 bits per heavy atom. The highest BCUT2D eigenvalue weighted by Gasteiger charge is 2.18. The Morgan fingerprint density at radius 2 is 1.95 bits per heavy atom. The summed E-state index contributed by atoms with van der Waals surface area (Å²) < 4.78 is 9.97. The Labute approximate surface area is 127 Å². The molecule has 0 aliphatic carbocycles. The van der Waals surface area contributed by atoms with E-state index in [0.717, 1.165) is 0 Å². The molecular weight excluding hydrogens is 286 g/mol. The molecule has 0 saturated heterocycles. The average molecular weight is 303 g/mol. The molecule has 1 amide bonds. The second-order valence-corrected chi connectivity index (χ2v) is 4.59. The zero-order valence-corrected chi connectivity index (χ0v) is 12.4. The lowest BCUT2D eigenvalue weighted by atomic mass is 10.2. The van der Waals surface area contributed by atoms with E-state index in [1.165, 1.54) is 14.0 Å². The summed E-state index contributed by atoms with van der Waals surface area (Å²) in [4.78, 5) is 32.0. The number of benzene rings is 1. The first-order chi connectivity index (χ1) is 10.6. The maximum atomic E-state index is 12.1. The summed E-state index contributed by atoms with van der Waals surface area (Å²) in [7, 11) is 1.54. The fourth-order valence-corrected chi connectivity index (χ4v) is 1.79. The van der Waals surface area contributed by atoms with Crippen molar-refractivity contribution in [3.63, 3.8) is 0 Å². The predicted octanol–water partition coefficient (Wildman–Crippen LogP) is 0.938. The van der Waals surface area contributed by atoms with Gasteiger partial charge in [0.05, 0.1) is 23.2 Å². The second-order valence-electron chi connectivity index (χ2n) is 4.59. The fraction of sp³-hybridized carbons (Fsp3) is 0.333. The number of carbonyl (C=O) groups excluding carboxylic acids is 2. The van der Waals surface area contributed by atoms with Gasteiger partial charge in [0.1, 0.15) is 0 Å². The van der Waals surface area contributed by atoms with Crippen molar-refractivity contribution in [1.82, 2.24) is 15.3 Å². The number of amides is 1. The van der Waals surface area contributed by atoms with Gasteiger partial charge in [0, 0.05) is 26.0 Å². The monoisotopic (exact) mass is 303 g/mol. The van der Waals surface area contributed by atoms with E-state index in [0.29, 0.717) is 29.7 Å². The van der Waals surface area contributed by atoms with E-state index in [1.807, 2.05) is 0 Å². The summed E-state index contributed by atoms with van der Waals surface area (Å²) in [5, 5.41) is 2.61. The molecule has 1 aromatic carbocycles. The molecule has 1 N–H and O–H groups in total. The number of ether oxygens (including phenoxy) is 2. The second kappa shape index (κ2) is 7.46. The van der Waals surface area contributed by atoms with Crippen molar-refractivity contribution in [2.45, 2.75) is 13.0 Å². The number of rotatable bonds is 6. The molecular formula is C15H17N3O4. The molecule has 0 bridgehead atoms. The topological polar surface area (TPSA) is 90.4 Å². The standard InChI is InChI=1S/C15H17N3O4/c1-10(14(19)18-7-8-21-2)22-15(20)11-3-4-12-13(9-11)17-6-5-16-12/h3-6,9-10H,7-8H2,1-2H3,(H,18,19)/t10-/m1/s1. The van der Waals surface area contributed by atoms with Gasteiger partial charge in [-0.05, 0) is 25.1 Å². The molecule has 0 fully saturated rings. The first-order valence-corrected chi connectivity index (χ1v) is 6.80. The van der Waals surface area contributed by atoms with Gasteiger partial charge >= 0.3 is 5.97 Å². The molecule has 22 heavy (non-hydrogen) atoms. The van der Waals surface area contributed by atoms with Gasteiger partial charge < -0.3 is 14.8 Å². The van der Waals surface area contributed by atoms with Crippen molar-refractivity contribution in [2.75, 3.05) is 20.3 Å². The molecule has 7 nitrogen and oxygen atoms in total. The maximum Gasteiger partial charge on any atom is 0.338 e. The summed E-state index contributed by atoms with van der Waals surface area (Å²) in [6.45, 7) is 2.28. The van der Waals surface area contributed by atoms with Gasteiger partial charge in [-0.2, -0.15) is 0 Å². The number of methoxy groups -OCH3 is 1. The molecule has 1 atom stereocenters. The third kappa shape index (κ3) is 3.98. The number of aromatic nitrogens is 2. The van der Waals surface area contributed by atoms with Gasteiger partial charge in [-0.15, -0.1) is 0 Å². The Kier molecular flexibility index (Phi) is 5.37. The molecule has 0 aliphatic rings. The molecule has 0 aliphatic heterocycles. The first-order valence-electron chi connectivity index (χ1n) is 6.80. The number of esters is 1. The summed E-state index contributed by atoms with van der Waals surface area (Å²) in [6, 6.07) is 4.86. The van der Waals surface area contributed by atoms with Crippen LogP contribution in [0.3, 0.4) is 0 Å². The summed E-state index contributed by atoms with van der Waals surface area (Å²) in [6.07, 6.45) is 2.23. The zero-order chi connectivity index (χ0) is 15.9. The molecule has 1 aromatic heterocycles. The van der Waals surface area contributed by atoms with Crippen LogP contribution in [-0.2, 0) is 14.3 Å². The summed E-state index contributed by atoms with van der Waals surface area (Å²) in [5.74, 6) is -0.951. The number of fused-ring (bicyclic) bond motifs is 1. The van der Waals surface area contributed by atoms with E-state index in [4.69, 9.17) is 9.47 Å². The van der Waals surface area contributed by atoms with Crippen LogP contribution >= 0.6 is 0 Å². The largest absolute Gasteiger partial charge is 0.449 e. The molecule has 0 unspecified atom stereocenters. The zero-order valence-electron chi connectivity index (χ0n) is 12.4. The normalized spacial score (nSPS) is 11.9. The van der Waals surface area contributed by atoms with Crippen LogP contribution in [-0.4, -0.2) is 48.2 Å². The summed E-state index contributed by atoms with van der Waals surface area (Å²) in [5.41, 5.74) is 1.60. The Hall–Kier alpha value is -2.54. The minimum Gasteiger partial charge on any atom is -0.449 e. The van der Waals surface area contributed by atoms with Crippen LogP contribution in [0.15, 0.2) is 30.6 Å². The lowest BCUT2D eigenvalue weighted by Crippen LogP contribution is -2.37. The Morgan fingerprint density at radius 1 is 1.23 bits per heavy atom. The van der Waals surface area contributed by atoms with Crippen LogP contribution < -0.4 is 5.32 Å². The smallest absolute Gasteiger partial charge is 0.338 e. The molecule has 2 rings (SSSR count). The van der Waals surface area contributed by atoms with Gasteiger partial charge in [0.2, 0.25) is 0 Å². The third-order valence-corrected chi connectivity index (χ3v) is 2.96. The van der Waals surface area contributed by atoms with Crippen LogP contribution in [0.4, 0.5) is 0 Å². The molecule has 0 saturated carbocycles. The first kappa shape index (κ1) is 15.8. The number of hydrogen-bond acceptors (Lipinski definition) is 6. The number of nitrogens with zero attached hydrogens (tertiary/aromatic N) is 2. The van der Waals surface area contributed by atoms with Crippen LogP contribution in [0.2, 0.25) is 0 Å².